The van der Waals surface area contributed by atoms with Crippen LogP contribution in [-0.4, -0.2) is 23.6 Å². The third-order valence-electron chi connectivity index (χ3n) is 3.03. The van der Waals surface area contributed by atoms with Gasteiger partial charge in [0.25, 0.3) is 0 Å². The Hall–Kier alpha value is -1.32. The molecule has 1 N–H and O–H groups in total. The molecule has 4 heteroatoms. The second-order valence-electron chi connectivity index (χ2n) is 4.59. The summed E-state index contributed by atoms with van der Waals surface area (Å²) in [6.07, 6.45) is 4.62. The number of ether oxygens (including phenoxy) is 1. The molecule has 0 unspecified atom stereocenters. The van der Waals surface area contributed by atoms with Crippen molar-refractivity contribution in [3.63, 3.8) is 0 Å². The van der Waals surface area contributed by atoms with Gasteiger partial charge in [-0.05, 0) is 26.2 Å². The second-order valence-corrected chi connectivity index (χ2v) is 4.59. The second kappa shape index (κ2) is 5.34. The van der Waals surface area contributed by atoms with Gasteiger partial charge in [0.1, 0.15) is 11.6 Å². The van der Waals surface area contributed by atoms with E-state index in [0.717, 1.165) is 42.5 Å². The quantitative estimate of drug-likeness (QED) is 0.770. The average molecular weight is 235 g/mol. The summed E-state index contributed by atoms with van der Waals surface area (Å²) in [5, 5.41) is 3.12. The fraction of sp³-hybridized carbons (Fsp3) is 0.692. The van der Waals surface area contributed by atoms with Crippen LogP contribution >= 0.6 is 0 Å². The van der Waals surface area contributed by atoms with Crippen LogP contribution < -0.4 is 10.1 Å². The van der Waals surface area contributed by atoms with E-state index in [9.17, 15) is 0 Å². The fourth-order valence-corrected chi connectivity index (χ4v) is 1.73. The molecule has 1 heterocycles. The maximum Gasteiger partial charge on any atom is 0.221 e. The van der Waals surface area contributed by atoms with E-state index < -0.39 is 0 Å². The summed E-state index contributed by atoms with van der Waals surface area (Å²) in [6.45, 7) is 4.90. The molecule has 2 rings (SSSR count). The third kappa shape index (κ3) is 2.87. The Morgan fingerprint density at radius 1 is 1.35 bits per heavy atom. The highest BCUT2D eigenvalue weighted by Crippen LogP contribution is 2.39. The Labute approximate surface area is 103 Å². The van der Waals surface area contributed by atoms with E-state index in [1.807, 2.05) is 14.0 Å². The van der Waals surface area contributed by atoms with E-state index in [2.05, 4.69) is 22.2 Å². The van der Waals surface area contributed by atoms with Crippen molar-refractivity contribution in [2.45, 2.75) is 45.4 Å². The van der Waals surface area contributed by atoms with E-state index in [1.54, 1.807) is 0 Å². The number of hydrogen-bond acceptors (Lipinski definition) is 4. The first-order valence-corrected chi connectivity index (χ1v) is 6.45. The highest BCUT2D eigenvalue weighted by atomic mass is 16.5. The van der Waals surface area contributed by atoms with Crippen molar-refractivity contribution in [2.75, 3.05) is 19.0 Å². The summed E-state index contributed by atoms with van der Waals surface area (Å²) in [6, 6.07) is 0. The van der Waals surface area contributed by atoms with Crippen LogP contribution in [0.3, 0.4) is 0 Å². The number of nitrogens with one attached hydrogen (secondary N) is 1. The molecule has 1 aliphatic carbocycles. The normalized spacial score (nSPS) is 14.8. The summed E-state index contributed by atoms with van der Waals surface area (Å²) in [5.74, 6) is 3.13. The summed E-state index contributed by atoms with van der Waals surface area (Å²) < 4.78 is 5.75. The van der Waals surface area contributed by atoms with E-state index in [4.69, 9.17) is 4.74 Å². The summed E-state index contributed by atoms with van der Waals surface area (Å²) >= 11 is 0. The molecule has 0 saturated heterocycles. The van der Waals surface area contributed by atoms with Gasteiger partial charge >= 0.3 is 0 Å². The molecule has 0 radical (unpaired) electrons. The molecular formula is C13H21N3O. The third-order valence-corrected chi connectivity index (χ3v) is 3.03. The first-order chi connectivity index (χ1) is 8.26. The number of unbranched alkanes of at least 4 members (excludes halogenated alkanes) is 1. The highest BCUT2D eigenvalue weighted by molar-refractivity contribution is 5.48. The van der Waals surface area contributed by atoms with Gasteiger partial charge in [-0.2, -0.15) is 4.98 Å². The maximum atomic E-state index is 5.75. The predicted octanol–water partition coefficient (Wildman–Crippen LogP) is 2.88. The molecule has 17 heavy (non-hydrogen) atoms. The zero-order chi connectivity index (χ0) is 12.3. The van der Waals surface area contributed by atoms with Gasteiger partial charge in [0, 0.05) is 13.0 Å². The molecule has 0 aliphatic heterocycles. The zero-order valence-electron chi connectivity index (χ0n) is 10.9. The molecule has 0 aromatic carbocycles. The van der Waals surface area contributed by atoms with Gasteiger partial charge in [-0.15, -0.1) is 0 Å². The van der Waals surface area contributed by atoms with Crippen molar-refractivity contribution in [3.05, 3.63) is 11.4 Å². The van der Waals surface area contributed by atoms with E-state index in [-0.39, 0.29) is 0 Å². The van der Waals surface area contributed by atoms with Crippen LogP contribution in [0, 0.1) is 6.92 Å². The minimum Gasteiger partial charge on any atom is -0.477 e. The van der Waals surface area contributed by atoms with Gasteiger partial charge in [0.15, 0.2) is 0 Å². The number of hydrogen-bond donors (Lipinski definition) is 1. The van der Waals surface area contributed by atoms with Gasteiger partial charge in [0.2, 0.25) is 5.88 Å². The van der Waals surface area contributed by atoms with Crippen molar-refractivity contribution in [2.24, 2.45) is 0 Å². The lowest BCUT2D eigenvalue weighted by molar-refractivity contribution is 0.294. The molecule has 0 amide bonds. The summed E-state index contributed by atoms with van der Waals surface area (Å²) in [4.78, 5) is 9.08. The first kappa shape index (κ1) is 12.1. The number of rotatable bonds is 6. The molecule has 94 valence electrons. The van der Waals surface area contributed by atoms with E-state index in [0.29, 0.717) is 5.92 Å². The minimum absolute atomic E-state index is 0.552. The molecule has 1 fully saturated rings. The lowest BCUT2D eigenvalue weighted by atomic mass is 10.3. The topological polar surface area (TPSA) is 47.0 Å². The molecule has 1 aromatic heterocycles. The highest BCUT2D eigenvalue weighted by Gasteiger charge is 2.28. The van der Waals surface area contributed by atoms with E-state index in [1.165, 1.54) is 12.8 Å². The van der Waals surface area contributed by atoms with Crippen LogP contribution in [-0.2, 0) is 0 Å². The van der Waals surface area contributed by atoms with Crippen molar-refractivity contribution in [1.29, 1.82) is 0 Å². The Morgan fingerprint density at radius 3 is 2.71 bits per heavy atom. The molecule has 1 aromatic rings. The largest absolute Gasteiger partial charge is 0.477 e. The maximum absolute atomic E-state index is 5.75. The Bertz CT molecular complexity index is 388. The van der Waals surface area contributed by atoms with Crippen molar-refractivity contribution in [1.82, 2.24) is 9.97 Å². The van der Waals surface area contributed by atoms with Gasteiger partial charge in [-0.1, -0.05) is 13.3 Å². The standard InChI is InChI=1S/C13H21N3O/c1-4-5-8-17-13-9(2)11(14-3)15-12(16-13)10-6-7-10/h10H,4-8H2,1-3H3,(H,14,15,16). The van der Waals surface area contributed by atoms with Crippen LogP contribution in [0.2, 0.25) is 0 Å². The molecule has 1 saturated carbocycles. The van der Waals surface area contributed by atoms with Gasteiger partial charge in [0.05, 0.1) is 12.2 Å². The Morgan fingerprint density at radius 2 is 2.12 bits per heavy atom. The molecule has 4 nitrogen and oxygen atoms in total. The van der Waals surface area contributed by atoms with Crippen LogP contribution in [0.5, 0.6) is 5.88 Å². The predicted molar refractivity (Wildman–Crippen MR) is 68.7 cm³/mol. The van der Waals surface area contributed by atoms with Crippen LogP contribution in [0.15, 0.2) is 0 Å². The zero-order valence-corrected chi connectivity index (χ0v) is 10.9. The first-order valence-electron chi connectivity index (χ1n) is 6.45. The van der Waals surface area contributed by atoms with Crippen molar-refractivity contribution >= 4 is 5.82 Å². The Balaban J connectivity index is 2.18. The number of anilines is 1. The molecule has 1 aliphatic rings. The van der Waals surface area contributed by atoms with E-state index >= 15 is 0 Å². The van der Waals surface area contributed by atoms with Crippen LogP contribution in [0.4, 0.5) is 5.82 Å². The molecular weight excluding hydrogens is 214 g/mol. The van der Waals surface area contributed by atoms with Crippen LogP contribution in [0.25, 0.3) is 0 Å². The van der Waals surface area contributed by atoms with Gasteiger partial charge < -0.3 is 10.1 Å². The fourth-order valence-electron chi connectivity index (χ4n) is 1.73. The SMILES string of the molecule is CCCCOc1nc(C2CC2)nc(NC)c1C. The van der Waals surface area contributed by atoms with Gasteiger partial charge in [-0.3, -0.25) is 0 Å². The lowest BCUT2D eigenvalue weighted by Gasteiger charge is -2.12. The monoisotopic (exact) mass is 235 g/mol. The lowest BCUT2D eigenvalue weighted by Crippen LogP contribution is -2.07. The van der Waals surface area contributed by atoms with Crippen molar-refractivity contribution < 1.29 is 4.74 Å². The minimum atomic E-state index is 0.552. The average Bonchev–Trinajstić information content (AvgIpc) is 3.15. The molecule has 0 bridgehead atoms. The molecule has 0 atom stereocenters. The summed E-state index contributed by atoms with van der Waals surface area (Å²) in [7, 11) is 1.89. The smallest absolute Gasteiger partial charge is 0.221 e. The number of aromatic nitrogens is 2. The summed E-state index contributed by atoms with van der Waals surface area (Å²) in [5.41, 5.74) is 1.01. The Kier molecular flexibility index (Phi) is 3.82. The number of nitrogens with zero attached hydrogens (tertiary/aromatic N) is 2. The van der Waals surface area contributed by atoms with Crippen LogP contribution in [0.1, 0.15) is 49.9 Å². The van der Waals surface area contributed by atoms with Crippen molar-refractivity contribution in [3.8, 4) is 5.88 Å². The molecule has 0 spiro atoms. The van der Waals surface area contributed by atoms with Gasteiger partial charge in [-0.25, -0.2) is 4.98 Å².